The van der Waals surface area contributed by atoms with E-state index in [0.717, 1.165) is 0 Å². The minimum absolute atomic E-state index is 0. The van der Waals surface area contributed by atoms with Gasteiger partial charge in [0.25, 0.3) is 0 Å². The molecule has 0 aromatic carbocycles. The average molecular weight is 161 g/mol. The predicted molar refractivity (Wildman–Crippen MR) is 28.0 cm³/mol. The molecule has 1 atom stereocenters. The molecular formula is C3H9NNaO3P. The molecule has 0 heterocycles. The van der Waals surface area contributed by atoms with E-state index in [0.29, 0.717) is 6.42 Å². The summed E-state index contributed by atoms with van der Waals surface area (Å²) in [7, 11) is -3.65. The average Bonchev–Trinajstić information content (AvgIpc) is 1.67. The van der Waals surface area contributed by atoms with Crippen molar-refractivity contribution in [1.29, 1.82) is 0 Å². The fraction of sp³-hybridized carbons (Fsp3) is 1.00. The van der Waals surface area contributed by atoms with Crippen LogP contribution in [0.5, 0.6) is 0 Å². The van der Waals surface area contributed by atoms with Crippen molar-refractivity contribution in [3.63, 3.8) is 0 Å². The van der Waals surface area contributed by atoms with Crippen LogP contribution in [0.3, 0.4) is 0 Å². The van der Waals surface area contributed by atoms with E-state index in [4.69, 9.17) is 0 Å². The normalized spacial score (nSPS) is 15.9. The molecule has 2 N–H and O–H groups in total. The summed E-state index contributed by atoms with van der Waals surface area (Å²) in [4.78, 5) is 10.3. The number of rotatable bonds is 3. The van der Waals surface area contributed by atoms with E-state index in [1.807, 2.05) is 0 Å². The van der Waals surface area contributed by atoms with Gasteiger partial charge in [-0.05, 0) is 6.42 Å². The molecule has 0 aliphatic carbocycles. The smallest absolute Gasteiger partial charge is 0.777 e. The van der Waals surface area contributed by atoms with Crippen LogP contribution in [0.15, 0.2) is 0 Å². The Kier molecular flexibility index (Phi) is 8.31. The Bertz CT molecular complexity index is 109. The zero-order valence-corrected chi connectivity index (χ0v) is 8.56. The van der Waals surface area contributed by atoms with Crippen molar-refractivity contribution in [3.05, 3.63) is 0 Å². The molecule has 0 aliphatic rings. The van der Waals surface area contributed by atoms with Crippen molar-refractivity contribution < 1.29 is 43.6 Å². The van der Waals surface area contributed by atoms with Gasteiger partial charge in [-0.3, -0.25) is 4.62 Å². The Morgan fingerprint density at radius 1 is 1.78 bits per heavy atom. The molecule has 0 saturated carbocycles. The van der Waals surface area contributed by atoms with Gasteiger partial charge in [0.2, 0.25) is 0 Å². The number of hydrogen-bond acceptors (Lipinski definition) is 4. The Labute approximate surface area is 76.5 Å². The molecule has 50 valence electrons. The topological polar surface area (TPSA) is 75.4 Å². The maximum Gasteiger partial charge on any atom is 1.00 e. The largest absolute Gasteiger partial charge is 1.00 e. The van der Waals surface area contributed by atoms with Crippen LogP contribution in [0.4, 0.5) is 0 Å². The van der Waals surface area contributed by atoms with Gasteiger partial charge in [-0.1, -0.05) is 6.92 Å². The Hall–Kier alpha value is 1.11. The molecule has 0 rings (SSSR count). The summed E-state index contributed by atoms with van der Waals surface area (Å²) in [6.45, 7) is 1.74. The molecule has 0 aromatic heterocycles. The fourth-order valence-electron chi connectivity index (χ4n) is 0.327. The molecule has 0 aliphatic heterocycles. The zero-order valence-electron chi connectivity index (χ0n) is 5.66. The first kappa shape index (κ1) is 12.8. The van der Waals surface area contributed by atoms with Crippen molar-refractivity contribution in [1.82, 2.24) is 0 Å². The van der Waals surface area contributed by atoms with Crippen LogP contribution in [0.1, 0.15) is 13.3 Å². The van der Waals surface area contributed by atoms with E-state index in [9.17, 15) is 9.46 Å². The van der Waals surface area contributed by atoms with Gasteiger partial charge in [0.05, 0.1) is 0 Å². The minimum atomic E-state index is -3.65. The molecule has 1 unspecified atom stereocenters. The monoisotopic (exact) mass is 161 g/mol. The second-order valence-corrected chi connectivity index (χ2v) is 3.32. The third-order valence-corrected chi connectivity index (χ3v) is 1.97. The molecule has 0 bridgehead atoms. The molecule has 9 heavy (non-hydrogen) atoms. The summed E-state index contributed by atoms with van der Waals surface area (Å²) in [5, 5.41) is 0. The van der Waals surface area contributed by atoms with Gasteiger partial charge >= 0.3 is 29.6 Å². The van der Waals surface area contributed by atoms with Crippen LogP contribution < -0.4 is 40.3 Å². The van der Waals surface area contributed by atoms with Gasteiger partial charge in [-0.2, -0.15) is 0 Å². The van der Waals surface area contributed by atoms with Gasteiger partial charge in [-0.25, -0.2) is 5.90 Å². The van der Waals surface area contributed by atoms with E-state index in [1.165, 1.54) is 0 Å². The standard InChI is InChI=1S/C3H10NO3P.Na/c1-2-3-8(5,6)7-4;/h2-4H2,1H3,(H,5,6);/q;+1/p-1. The SMILES string of the molecule is CCCP(=O)([O-])ON.[Na+]. The van der Waals surface area contributed by atoms with Crippen LogP contribution in [0.2, 0.25) is 0 Å². The first-order chi connectivity index (χ1) is 3.62. The van der Waals surface area contributed by atoms with Crippen molar-refractivity contribution in [3.8, 4) is 0 Å². The summed E-state index contributed by atoms with van der Waals surface area (Å²) in [5.41, 5.74) is 0. The van der Waals surface area contributed by atoms with Gasteiger partial charge in [0.1, 0.15) is 0 Å². The van der Waals surface area contributed by atoms with Crippen LogP contribution in [0, 0.1) is 0 Å². The third-order valence-electron chi connectivity index (χ3n) is 0.658. The summed E-state index contributed by atoms with van der Waals surface area (Å²) in [6.07, 6.45) is 0.557. The molecule has 4 nitrogen and oxygen atoms in total. The first-order valence-electron chi connectivity index (χ1n) is 2.31. The molecule has 0 fully saturated rings. The number of hydrogen-bond donors (Lipinski definition) is 1. The maximum atomic E-state index is 10.3. The minimum Gasteiger partial charge on any atom is -0.777 e. The van der Waals surface area contributed by atoms with Crippen molar-refractivity contribution >= 4 is 7.60 Å². The Morgan fingerprint density at radius 3 is 2.33 bits per heavy atom. The Balaban J connectivity index is 0. The molecule has 0 amide bonds. The molecule has 0 saturated heterocycles. The predicted octanol–water partition coefficient (Wildman–Crippen LogP) is -3.16. The molecule has 6 heteroatoms. The fourth-order valence-corrected chi connectivity index (χ4v) is 0.980. The first-order valence-corrected chi connectivity index (χ1v) is 4.03. The third kappa shape index (κ3) is 7.00. The van der Waals surface area contributed by atoms with E-state index >= 15 is 0 Å². The van der Waals surface area contributed by atoms with E-state index in [2.05, 4.69) is 10.5 Å². The number of nitrogens with two attached hydrogens (primary N) is 1. The second kappa shape index (κ2) is 5.86. The summed E-state index contributed by atoms with van der Waals surface area (Å²) in [6, 6.07) is 0. The van der Waals surface area contributed by atoms with Gasteiger partial charge in [-0.15, -0.1) is 0 Å². The van der Waals surface area contributed by atoms with Crippen LogP contribution in [0.25, 0.3) is 0 Å². The molecular weight excluding hydrogens is 152 g/mol. The summed E-state index contributed by atoms with van der Waals surface area (Å²) in [5.74, 6) is 4.42. The van der Waals surface area contributed by atoms with Crippen molar-refractivity contribution in [2.75, 3.05) is 6.16 Å². The van der Waals surface area contributed by atoms with Crippen LogP contribution >= 0.6 is 7.60 Å². The van der Waals surface area contributed by atoms with Crippen molar-refractivity contribution in [2.24, 2.45) is 5.90 Å². The van der Waals surface area contributed by atoms with E-state index in [-0.39, 0.29) is 35.7 Å². The van der Waals surface area contributed by atoms with E-state index < -0.39 is 7.60 Å². The van der Waals surface area contributed by atoms with Crippen LogP contribution in [-0.4, -0.2) is 6.16 Å². The van der Waals surface area contributed by atoms with Crippen molar-refractivity contribution in [2.45, 2.75) is 13.3 Å². The zero-order chi connectivity index (χ0) is 6.62. The maximum absolute atomic E-state index is 10.3. The summed E-state index contributed by atoms with van der Waals surface area (Å²) >= 11 is 0. The Morgan fingerprint density at radius 2 is 2.22 bits per heavy atom. The van der Waals surface area contributed by atoms with E-state index in [1.54, 1.807) is 6.92 Å². The van der Waals surface area contributed by atoms with Gasteiger partial charge in [0.15, 0.2) is 7.60 Å². The van der Waals surface area contributed by atoms with Crippen LogP contribution in [-0.2, 0) is 9.19 Å². The van der Waals surface area contributed by atoms with Gasteiger partial charge in [0, 0.05) is 6.16 Å². The molecule has 0 radical (unpaired) electrons. The molecule has 0 aromatic rings. The van der Waals surface area contributed by atoms with Gasteiger partial charge < -0.3 is 9.46 Å². The quantitative estimate of drug-likeness (QED) is 0.269. The summed E-state index contributed by atoms with van der Waals surface area (Å²) < 4.78 is 14.0. The second-order valence-electron chi connectivity index (χ2n) is 1.44. The molecule has 0 spiro atoms.